The van der Waals surface area contributed by atoms with E-state index in [1.165, 1.54) is 0 Å². The number of carbonyl (C=O) groups excluding carboxylic acids is 1. The van der Waals surface area contributed by atoms with Crippen molar-refractivity contribution in [3.05, 3.63) is 77.9 Å². The molecule has 0 bridgehead atoms. The maximum absolute atomic E-state index is 13.3. The number of hydrogen-bond donors (Lipinski definition) is 2. The molecule has 5 heteroatoms. The number of carbonyl (C=O) groups is 1. The van der Waals surface area contributed by atoms with Crippen molar-refractivity contribution >= 4 is 16.7 Å². The average molecular weight is 420 g/mol. The highest BCUT2D eigenvalue weighted by atomic mass is 16.5. The first-order valence-corrected chi connectivity index (χ1v) is 10.8. The maximum Gasteiger partial charge on any atom is 0.230 e. The van der Waals surface area contributed by atoms with E-state index in [9.17, 15) is 9.90 Å². The van der Waals surface area contributed by atoms with Gasteiger partial charge in [0.1, 0.15) is 5.75 Å². The Balaban J connectivity index is 1.45. The van der Waals surface area contributed by atoms with E-state index in [-0.39, 0.29) is 5.91 Å². The van der Waals surface area contributed by atoms with Crippen molar-refractivity contribution in [1.29, 1.82) is 0 Å². The lowest BCUT2D eigenvalue weighted by molar-refractivity contribution is -0.130. The maximum atomic E-state index is 13.3. The van der Waals surface area contributed by atoms with Crippen molar-refractivity contribution in [2.24, 2.45) is 0 Å². The molecule has 1 amide bonds. The highest BCUT2D eigenvalue weighted by Gasteiger charge is 2.41. The van der Waals surface area contributed by atoms with Crippen LogP contribution in [0.25, 0.3) is 10.8 Å². The van der Waals surface area contributed by atoms with Crippen LogP contribution in [-0.2, 0) is 14.9 Å². The summed E-state index contributed by atoms with van der Waals surface area (Å²) in [6.07, 6.45) is 1.08. The van der Waals surface area contributed by atoms with E-state index >= 15 is 0 Å². The molecule has 1 unspecified atom stereocenters. The minimum absolute atomic E-state index is 0.00825. The number of ether oxygens (including phenoxy) is 2. The molecule has 1 atom stereocenters. The third kappa shape index (κ3) is 4.43. The summed E-state index contributed by atoms with van der Waals surface area (Å²) in [5, 5.41) is 16.0. The van der Waals surface area contributed by atoms with Gasteiger partial charge in [-0.1, -0.05) is 54.6 Å². The summed E-state index contributed by atoms with van der Waals surface area (Å²) < 4.78 is 10.8. The molecule has 1 heterocycles. The van der Waals surface area contributed by atoms with E-state index in [4.69, 9.17) is 9.47 Å². The lowest BCUT2D eigenvalue weighted by atomic mass is 9.73. The molecular weight excluding hydrogens is 390 g/mol. The lowest BCUT2D eigenvalue weighted by Crippen LogP contribution is -2.48. The summed E-state index contributed by atoms with van der Waals surface area (Å²) in [7, 11) is 1.63. The van der Waals surface area contributed by atoms with Gasteiger partial charge in [-0.25, -0.2) is 0 Å². The zero-order valence-corrected chi connectivity index (χ0v) is 17.8. The quantitative estimate of drug-likeness (QED) is 0.604. The molecule has 1 fully saturated rings. The Kier molecular flexibility index (Phi) is 6.54. The number of rotatable bonds is 7. The number of aliphatic hydroxyl groups excluding tert-OH is 1. The highest BCUT2D eigenvalue weighted by molar-refractivity contribution is 5.88. The minimum Gasteiger partial charge on any atom is -0.497 e. The van der Waals surface area contributed by atoms with Crippen LogP contribution in [0.2, 0.25) is 0 Å². The van der Waals surface area contributed by atoms with Gasteiger partial charge in [0.25, 0.3) is 0 Å². The van der Waals surface area contributed by atoms with Crippen LogP contribution in [0.1, 0.15) is 36.5 Å². The SMILES string of the molecule is COc1ccc(C2(C(=O)NCCC(O)c3cccc4ccccc34)CCOCC2)cc1. The first-order chi connectivity index (χ1) is 15.1. The fourth-order valence-electron chi connectivity index (χ4n) is 4.46. The standard InChI is InChI=1S/C26H29NO4/c1-30-21-11-9-20(10-12-21)26(14-17-31-18-15-26)25(29)27-16-13-24(28)23-8-4-6-19-5-2-3-7-22(19)23/h2-12,24,28H,13-18H2,1H3,(H,27,29). The molecule has 162 valence electrons. The Bertz CT molecular complexity index is 1020. The van der Waals surface area contributed by atoms with Crippen LogP contribution in [-0.4, -0.2) is 37.9 Å². The second kappa shape index (κ2) is 9.50. The van der Waals surface area contributed by atoms with Crippen LogP contribution in [0.4, 0.5) is 0 Å². The summed E-state index contributed by atoms with van der Waals surface area (Å²) in [6.45, 7) is 1.51. The molecule has 2 N–H and O–H groups in total. The van der Waals surface area contributed by atoms with E-state index in [0.29, 0.717) is 39.0 Å². The van der Waals surface area contributed by atoms with Crippen molar-refractivity contribution in [3.63, 3.8) is 0 Å². The van der Waals surface area contributed by atoms with Crippen molar-refractivity contribution in [1.82, 2.24) is 5.32 Å². The van der Waals surface area contributed by atoms with Crippen LogP contribution < -0.4 is 10.1 Å². The van der Waals surface area contributed by atoms with E-state index in [1.54, 1.807) is 7.11 Å². The Hall–Kier alpha value is -2.89. The van der Waals surface area contributed by atoms with E-state index in [2.05, 4.69) is 5.32 Å². The van der Waals surface area contributed by atoms with Crippen molar-refractivity contribution in [3.8, 4) is 5.75 Å². The molecule has 1 saturated heterocycles. The summed E-state index contributed by atoms with van der Waals surface area (Å²) >= 11 is 0. The number of nitrogens with one attached hydrogen (secondary N) is 1. The molecule has 3 aromatic carbocycles. The van der Waals surface area contributed by atoms with Gasteiger partial charge >= 0.3 is 0 Å². The van der Waals surface area contributed by atoms with Gasteiger partial charge in [0.15, 0.2) is 0 Å². The fraction of sp³-hybridized carbons (Fsp3) is 0.346. The largest absolute Gasteiger partial charge is 0.497 e. The molecule has 0 aliphatic carbocycles. The summed E-state index contributed by atoms with van der Waals surface area (Å²) in [5.41, 5.74) is 1.25. The Morgan fingerprint density at radius 3 is 2.52 bits per heavy atom. The number of methoxy groups -OCH3 is 1. The lowest BCUT2D eigenvalue weighted by Gasteiger charge is -2.36. The topological polar surface area (TPSA) is 67.8 Å². The molecule has 0 aromatic heterocycles. The van der Waals surface area contributed by atoms with Gasteiger partial charge in [0.05, 0.1) is 18.6 Å². The van der Waals surface area contributed by atoms with Crippen LogP contribution >= 0.6 is 0 Å². The molecule has 31 heavy (non-hydrogen) atoms. The normalized spacial score (nSPS) is 16.6. The van der Waals surface area contributed by atoms with Crippen molar-refractivity contribution in [2.45, 2.75) is 30.8 Å². The van der Waals surface area contributed by atoms with Gasteiger partial charge in [-0.2, -0.15) is 0 Å². The Morgan fingerprint density at radius 2 is 1.77 bits per heavy atom. The van der Waals surface area contributed by atoms with Crippen LogP contribution in [0.3, 0.4) is 0 Å². The summed E-state index contributed by atoms with van der Waals surface area (Å²) in [4.78, 5) is 13.3. The van der Waals surface area contributed by atoms with E-state index in [1.807, 2.05) is 66.7 Å². The first-order valence-electron chi connectivity index (χ1n) is 10.8. The zero-order valence-electron chi connectivity index (χ0n) is 17.8. The number of amides is 1. The summed E-state index contributed by atoms with van der Waals surface area (Å²) in [6, 6.07) is 21.7. The molecule has 0 saturated carbocycles. The number of benzene rings is 3. The highest BCUT2D eigenvalue weighted by Crippen LogP contribution is 2.36. The van der Waals surface area contributed by atoms with Crippen LogP contribution in [0.5, 0.6) is 5.75 Å². The Morgan fingerprint density at radius 1 is 1.06 bits per heavy atom. The second-order valence-corrected chi connectivity index (χ2v) is 8.05. The molecule has 1 aliphatic heterocycles. The number of hydrogen-bond acceptors (Lipinski definition) is 4. The van der Waals surface area contributed by atoms with Crippen LogP contribution in [0, 0.1) is 0 Å². The van der Waals surface area contributed by atoms with E-state index < -0.39 is 11.5 Å². The van der Waals surface area contributed by atoms with Gasteiger partial charge in [0.2, 0.25) is 5.91 Å². The Labute approximate surface area is 183 Å². The predicted molar refractivity (Wildman–Crippen MR) is 121 cm³/mol. The molecule has 1 aliphatic rings. The minimum atomic E-state index is -0.641. The van der Waals surface area contributed by atoms with Gasteiger partial charge in [-0.3, -0.25) is 4.79 Å². The average Bonchev–Trinajstić information content (AvgIpc) is 2.84. The molecule has 5 nitrogen and oxygen atoms in total. The fourth-order valence-corrected chi connectivity index (χ4v) is 4.46. The third-order valence-corrected chi connectivity index (χ3v) is 6.31. The van der Waals surface area contributed by atoms with E-state index in [0.717, 1.165) is 27.6 Å². The second-order valence-electron chi connectivity index (χ2n) is 8.05. The molecule has 4 rings (SSSR count). The zero-order chi connectivity index (χ0) is 21.7. The predicted octanol–water partition coefficient (Wildman–Crippen LogP) is 4.14. The first kappa shape index (κ1) is 21.3. The monoisotopic (exact) mass is 419 g/mol. The van der Waals surface area contributed by atoms with Gasteiger partial charge in [-0.15, -0.1) is 0 Å². The van der Waals surface area contributed by atoms with Gasteiger partial charge < -0.3 is 19.9 Å². The number of aliphatic hydroxyl groups is 1. The molecular formula is C26H29NO4. The van der Waals surface area contributed by atoms with Gasteiger partial charge in [-0.05, 0) is 53.3 Å². The smallest absolute Gasteiger partial charge is 0.230 e. The number of fused-ring (bicyclic) bond motifs is 1. The molecule has 0 radical (unpaired) electrons. The van der Waals surface area contributed by atoms with Crippen molar-refractivity contribution in [2.75, 3.05) is 26.9 Å². The van der Waals surface area contributed by atoms with Gasteiger partial charge in [0, 0.05) is 19.8 Å². The third-order valence-electron chi connectivity index (χ3n) is 6.31. The summed E-state index contributed by atoms with van der Waals surface area (Å²) in [5.74, 6) is 0.760. The molecule has 0 spiro atoms. The van der Waals surface area contributed by atoms with Crippen LogP contribution in [0.15, 0.2) is 66.7 Å². The molecule has 3 aromatic rings. The van der Waals surface area contributed by atoms with Crippen molar-refractivity contribution < 1.29 is 19.4 Å².